The van der Waals surface area contributed by atoms with E-state index in [-0.39, 0.29) is 22.9 Å². The Morgan fingerprint density at radius 3 is 2.43 bits per heavy atom. The van der Waals surface area contributed by atoms with Gasteiger partial charge in [0.2, 0.25) is 5.43 Å². The topological polar surface area (TPSA) is 51.1 Å². The quantitative estimate of drug-likeness (QED) is 0.703. The van der Waals surface area contributed by atoms with E-state index in [1.807, 2.05) is 57.2 Å². The second-order valence-corrected chi connectivity index (χ2v) is 7.22. The molecule has 2 aromatic carbocycles. The van der Waals surface area contributed by atoms with Crippen molar-refractivity contribution >= 4 is 16.8 Å². The number of amides is 1. The Kier molecular flexibility index (Phi) is 5.68. The van der Waals surface area contributed by atoms with Crippen molar-refractivity contribution in [1.29, 1.82) is 0 Å². The predicted octanol–water partition coefficient (Wildman–Crippen LogP) is 4.94. The van der Waals surface area contributed by atoms with Crippen LogP contribution in [-0.2, 0) is 6.54 Å². The molecule has 146 valence electrons. The number of carbonyl (C=O) groups excluding carboxylic acids is 1. The predicted molar refractivity (Wildman–Crippen MR) is 115 cm³/mol. The van der Waals surface area contributed by atoms with E-state index in [2.05, 4.69) is 29.8 Å². The highest BCUT2D eigenvalue weighted by Gasteiger charge is 2.29. The molecule has 28 heavy (non-hydrogen) atoms. The van der Waals surface area contributed by atoms with Crippen molar-refractivity contribution in [2.45, 2.75) is 53.1 Å². The second kappa shape index (κ2) is 8.01. The van der Waals surface area contributed by atoms with Crippen LogP contribution in [0.3, 0.4) is 0 Å². The van der Waals surface area contributed by atoms with Gasteiger partial charge in [-0.1, -0.05) is 62.7 Å². The zero-order chi connectivity index (χ0) is 20.4. The Hall–Kier alpha value is -2.88. The van der Waals surface area contributed by atoms with Gasteiger partial charge in [-0.2, -0.15) is 0 Å². The lowest BCUT2D eigenvalue weighted by molar-refractivity contribution is 0.0949. The lowest BCUT2D eigenvalue weighted by Crippen LogP contribution is -2.29. The average molecular weight is 377 g/mol. The molecule has 1 aromatic heterocycles. The molecule has 2 unspecified atom stereocenters. The Balaban J connectivity index is 0.00000109. The summed E-state index contributed by atoms with van der Waals surface area (Å²) in [4.78, 5) is 25.6. The summed E-state index contributed by atoms with van der Waals surface area (Å²) in [6.07, 6.45) is 1.73. The van der Waals surface area contributed by atoms with Crippen LogP contribution in [0.1, 0.15) is 66.7 Å². The number of aryl methyl sites for hydroxylation is 1. The Bertz CT molecular complexity index is 1060. The minimum Gasteiger partial charge on any atom is -0.348 e. The van der Waals surface area contributed by atoms with Gasteiger partial charge in [-0.05, 0) is 31.0 Å². The highest BCUT2D eigenvalue weighted by Crippen LogP contribution is 2.40. The fourth-order valence-electron chi connectivity index (χ4n) is 3.77. The van der Waals surface area contributed by atoms with E-state index in [9.17, 15) is 9.59 Å². The second-order valence-electron chi connectivity index (χ2n) is 7.22. The normalized spacial score (nSPS) is 17.2. The van der Waals surface area contributed by atoms with Crippen LogP contribution >= 0.6 is 0 Å². The average Bonchev–Trinajstić information content (AvgIpc) is 2.97. The molecule has 4 heteroatoms. The maximum Gasteiger partial charge on any atom is 0.257 e. The summed E-state index contributed by atoms with van der Waals surface area (Å²) < 4.78 is 2.08. The first-order valence-corrected chi connectivity index (χ1v) is 9.99. The van der Waals surface area contributed by atoms with E-state index in [0.717, 1.165) is 11.1 Å². The number of para-hydroxylation sites is 1. The third kappa shape index (κ3) is 3.35. The highest BCUT2D eigenvalue weighted by molar-refractivity contribution is 5.98. The number of rotatable bonds is 3. The molecule has 2 heterocycles. The van der Waals surface area contributed by atoms with Gasteiger partial charge < -0.3 is 9.88 Å². The third-order valence-corrected chi connectivity index (χ3v) is 5.55. The van der Waals surface area contributed by atoms with E-state index in [1.54, 1.807) is 6.20 Å². The highest BCUT2D eigenvalue weighted by atomic mass is 16.2. The molecular formula is C24H28N2O2. The molecule has 0 spiro atoms. The van der Waals surface area contributed by atoms with Crippen LogP contribution in [0.4, 0.5) is 0 Å². The van der Waals surface area contributed by atoms with E-state index >= 15 is 0 Å². The summed E-state index contributed by atoms with van der Waals surface area (Å²) in [5, 5.41) is 3.51. The molecule has 0 fully saturated rings. The molecule has 4 rings (SSSR count). The monoisotopic (exact) mass is 376 g/mol. The first-order chi connectivity index (χ1) is 13.5. The molecule has 1 aliphatic heterocycles. The molecule has 0 saturated heterocycles. The SMILES string of the molecule is CC.Cc1ccc(CNC(=O)c2cn3c4c(cccc4c2=O)C(C)C3C)cc1. The lowest BCUT2D eigenvalue weighted by Gasteiger charge is -2.15. The van der Waals surface area contributed by atoms with Gasteiger partial charge in [-0.25, -0.2) is 0 Å². The van der Waals surface area contributed by atoms with Crippen LogP contribution in [0.25, 0.3) is 10.9 Å². The van der Waals surface area contributed by atoms with Gasteiger partial charge in [0, 0.05) is 30.1 Å². The van der Waals surface area contributed by atoms with Crippen LogP contribution in [0.2, 0.25) is 0 Å². The summed E-state index contributed by atoms with van der Waals surface area (Å²) in [5.41, 5.74) is 4.35. The smallest absolute Gasteiger partial charge is 0.257 e. The maximum atomic E-state index is 12.9. The van der Waals surface area contributed by atoms with Crippen molar-refractivity contribution in [2.24, 2.45) is 0 Å². The first kappa shape index (κ1) is 19.9. The molecule has 1 aliphatic rings. The Labute approximate surface area is 166 Å². The zero-order valence-corrected chi connectivity index (χ0v) is 17.2. The minimum absolute atomic E-state index is 0.194. The number of hydrogen-bond donors (Lipinski definition) is 1. The first-order valence-electron chi connectivity index (χ1n) is 9.99. The van der Waals surface area contributed by atoms with Crippen molar-refractivity contribution in [1.82, 2.24) is 9.88 Å². The van der Waals surface area contributed by atoms with E-state index in [4.69, 9.17) is 0 Å². The lowest BCUT2D eigenvalue weighted by atomic mass is 9.97. The van der Waals surface area contributed by atoms with Crippen LogP contribution < -0.4 is 10.7 Å². The molecule has 1 amide bonds. The van der Waals surface area contributed by atoms with Gasteiger partial charge in [-0.3, -0.25) is 9.59 Å². The molecule has 0 radical (unpaired) electrons. The van der Waals surface area contributed by atoms with Gasteiger partial charge in [0.25, 0.3) is 5.91 Å². The number of hydrogen-bond acceptors (Lipinski definition) is 2. The minimum atomic E-state index is -0.321. The van der Waals surface area contributed by atoms with Crippen molar-refractivity contribution in [2.75, 3.05) is 0 Å². The number of aromatic nitrogens is 1. The molecule has 0 aliphatic carbocycles. The number of carbonyl (C=O) groups is 1. The molecule has 4 nitrogen and oxygen atoms in total. The summed E-state index contributed by atoms with van der Waals surface area (Å²) in [6, 6.07) is 14.0. The fourth-order valence-corrected chi connectivity index (χ4v) is 3.77. The van der Waals surface area contributed by atoms with E-state index in [0.29, 0.717) is 17.8 Å². The summed E-state index contributed by atoms with van der Waals surface area (Å²) >= 11 is 0. The summed E-state index contributed by atoms with van der Waals surface area (Å²) in [5.74, 6) is 0.00218. The van der Waals surface area contributed by atoms with Crippen LogP contribution in [-0.4, -0.2) is 10.5 Å². The van der Waals surface area contributed by atoms with Gasteiger partial charge in [0.1, 0.15) is 5.56 Å². The number of pyridine rings is 1. The van der Waals surface area contributed by atoms with Gasteiger partial charge in [0.15, 0.2) is 0 Å². The van der Waals surface area contributed by atoms with Crippen molar-refractivity contribution in [3.63, 3.8) is 0 Å². The molecule has 0 bridgehead atoms. The Morgan fingerprint density at radius 2 is 1.75 bits per heavy atom. The number of benzene rings is 2. The van der Waals surface area contributed by atoms with Crippen molar-refractivity contribution < 1.29 is 4.79 Å². The van der Waals surface area contributed by atoms with E-state index < -0.39 is 0 Å². The molecule has 2 atom stereocenters. The fraction of sp³-hybridized carbons (Fsp3) is 0.333. The van der Waals surface area contributed by atoms with Crippen molar-refractivity contribution in [3.8, 4) is 0 Å². The van der Waals surface area contributed by atoms with Crippen LogP contribution in [0.5, 0.6) is 0 Å². The van der Waals surface area contributed by atoms with E-state index in [1.165, 1.54) is 11.1 Å². The van der Waals surface area contributed by atoms with Crippen LogP contribution in [0, 0.1) is 6.92 Å². The third-order valence-electron chi connectivity index (χ3n) is 5.55. The molecule has 0 saturated carbocycles. The zero-order valence-electron chi connectivity index (χ0n) is 17.2. The molecule has 3 aromatic rings. The molecular weight excluding hydrogens is 348 g/mol. The van der Waals surface area contributed by atoms with Gasteiger partial charge in [-0.15, -0.1) is 0 Å². The van der Waals surface area contributed by atoms with Gasteiger partial charge >= 0.3 is 0 Å². The standard InChI is InChI=1S/C22H22N2O2.C2H6/c1-13-7-9-16(10-8-13)11-23-22(26)19-12-24-15(3)14(2)17-5-4-6-18(20(17)24)21(19)25;1-2/h4-10,12,14-15H,11H2,1-3H3,(H,23,26);1-2H3. The van der Waals surface area contributed by atoms with Crippen LogP contribution in [0.15, 0.2) is 53.5 Å². The summed E-state index contributed by atoms with van der Waals surface area (Å²) in [7, 11) is 0. The maximum absolute atomic E-state index is 12.9. The summed E-state index contributed by atoms with van der Waals surface area (Å²) in [6.45, 7) is 10.7. The number of nitrogens with one attached hydrogen (secondary N) is 1. The molecule has 1 N–H and O–H groups in total. The largest absolute Gasteiger partial charge is 0.348 e. The van der Waals surface area contributed by atoms with Gasteiger partial charge in [0.05, 0.1) is 5.52 Å². The number of nitrogens with zero attached hydrogens (tertiary/aromatic N) is 1. The Morgan fingerprint density at radius 1 is 1.07 bits per heavy atom. The van der Waals surface area contributed by atoms with Crippen molar-refractivity contribution in [3.05, 3.63) is 81.1 Å².